The third kappa shape index (κ3) is 1.94. The molecular formula is C10H8N4O. The van der Waals surface area contributed by atoms with E-state index in [9.17, 15) is 4.79 Å². The van der Waals surface area contributed by atoms with Gasteiger partial charge in [-0.25, -0.2) is 6.57 Å². The lowest BCUT2D eigenvalue weighted by Gasteiger charge is -2.00. The molecule has 0 aliphatic heterocycles. The van der Waals surface area contributed by atoms with Gasteiger partial charge in [0.25, 0.3) is 6.54 Å². The first-order valence-corrected chi connectivity index (χ1v) is 4.36. The fourth-order valence-corrected chi connectivity index (χ4v) is 1.29. The smallest absolute Gasteiger partial charge is 0.304 e. The minimum atomic E-state index is -0.302. The van der Waals surface area contributed by atoms with Crippen LogP contribution in [0.3, 0.4) is 0 Å². The number of amides is 1. The van der Waals surface area contributed by atoms with Crippen molar-refractivity contribution in [1.29, 1.82) is 0 Å². The Morgan fingerprint density at radius 3 is 3.27 bits per heavy atom. The molecular weight excluding hydrogens is 192 g/mol. The van der Waals surface area contributed by atoms with E-state index < -0.39 is 0 Å². The molecule has 2 aromatic rings. The number of anilines is 1. The summed E-state index contributed by atoms with van der Waals surface area (Å²) in [6.45, 7) is 6.40. The van der Waals surface area contributed by atoms with Crippen molar-refractivity contribution in [2.24, 2.45) is 0 Å². The van der Waals surface area contributed by atoms with Gasteiger partial charge in [0.2, 0.25) is 0 Å². The molecule has 1 aromatic carbocycles. The molecule has 0 saturated heterocycles. The van der Waals surface area contributed by atoms with Crippen molar-refractivity contribution >= 4 is 22.5 Å². The zero-order valence-corrected chi connectivity index (χ0v) is 7.82. The highest BCUT2D eigenvalue weighted by Gasteiger charge is 2.04. The molecule has 0 spiro atoms. The summed E-state index contributed by atoms with van der Waals surface area (Å²) < 4.78 is 0. The number of nitrogens with zero attached hydrogens (tertiary/aromatic N) is 2. The van der Waals surface area contributed by atoms with Crippen LogP contribution in [-0.2, 0) is 4.79 Å². The van der Waals surface area contributed by atoms with E-state index in [1.54, 1.807) is 18.3 Å². The predicted molar refractivity (Wildman–Crippen MR) is 56.2 cm³/mol. The van der Waals surface area contributed by atoms with Crippen LogP contribution < -0.4 is 5.32 Å². The Morgan fingerprint density at radius 2 is 2.47 bits per heavy atom. The van der Waals surface area contributed by atoms with Crippen molar-refractivity contribution in [3.63, 3.8) is 0 Å². The second-order valence-electron chi connectivity index (χ2n) is 3.04. The van der Waals surface area contributed by atoms with Crippen LogP contribution in [0.4, 0.5) is 5.69 Å². The average Bonchev–Trinajstić information content (AvgIpc) is 2.65. The summed E-state index contributed by atoms with van der Waals surface area (Å²) in [7, 11) is 0. The molecule has 1 heterocycles. The van der Waals surface area contributed by atoms with Crippen LogP contribution in [0.25, 0.3) is 15.7 Å². The van der Waals surface area contributed by atoms with Gasteiger partial charge < -0.3 is 10.2 Å². The quantitative estimate of drug-likeness (QED) is 0.720. The van der Waals surface area contributed by atoms with Crippen LogP contribution in [0.1, 0.15) is 0 Å². The van der Waals surface area contributed by atoms with Gasteiger partial charge in [0.05, 0.1) is 11.7 Å². The molecule has 0 aliphatic rings. The van der Waals surface area contributed by atoms with Gasteiger partial charge in [-0.2, -0.15) is 5.10 Å². The molecule has 2 N–H and O–H groups in total. The minimum absolute atomic E-state index is 0.152. The monoisotopic (exact) mass is 200 g/mol. The minimum Gasteiger partial charge on any atom is -0.320 e. The summed E-state index contributed by atoms with van der Waals surface area (Å²) in [6.07, 6.45) is 1.71. The number of carbonyl (C=O) groups is 1. The maximum absolute atomic E-state index is 11.1. The van der Waals surface area contributed by atoms with Crippen molar-refractivity contribution < 1.29 is 4.79 Å². The second kappa shape index (κ2) is 3.80. The summed E-state index contributed by atoms with van der Waals surface area (Å²) in [6, 6.07) is 5.41. The van der Waals surface area contributed by atoms with Crippen LogP contribution >= 0.6 is 0 Å². The highest BCUT2D eigenvalue weighted by molar-refractivity contribution is 5.95. The van der Waals surface area contributed by atoms with Crippen LogP contribution in [0, 0.1) is 6.57 Å². The van der Waals surface area contributed by atoms with Crippen molar-refractivity contribution in [3.05, 3.63) is 35.8 Å². The Labute approximate surface area is 85.9 Å². The molecule has 5 nitrogen and oxygen atoms in total. The number of aromatic nitrogens is 2. The number of rotatable bonds is 2. The summed E-state index contributed by atoms with van der Waals surface area (Å²) in [4.78, 5) is 14.1. The van der Waals surface area contributed by atoms with Gasteiger partial charge in [-0.15, -0.1) is 0 Å². The van der Waals surface area contributed by atoms with Gasteiger partial charge in [0.15, 0.2) is 0 Å². The zero-order valence-electron chi connectivity index (χ0n) is 7.82. The standard InChI is InChI=1S/C10H8N4O/c1-11-6-10(15)13-8-3-2-7-5-12-14-9(7)4-8/h2-5H,6H2,(H,12,14)(H,13,15). The molecule has 15 heavy (non-hydrogen) atoms. The molecule has 5 heteroatoms. The third-order valence-corrected chi connectivity index (χ3v) is 1.95. The summed E-state index contributed by atoms with van der Waals surface area (Å²) in [5.74, 6) is -0.302. The van der Waals surface area contributed by atoms with E-state index in [0.717, 1.165) is 10.9 Å². The van der Waals surface area contributed by atoms with Crippen LogP contribution in [0.2, 0.25) is 0 Å². The van der Waals surface area contributed by atoms with Gasteiger partial charge in [-0.3, -0.25) is 9.89 Å². The van der Waals surface area contributed by atoms with Gasteiger partial charge in [-0.1, -0.05) is 0 Å². The number of fused-ring (bicyclic) bond motifs is 1. The first-order valence-electron chi connectivity index (χ1n) is 4.36. The Bertz CT molecular complexity index is 538. The lowest BCUT2D eigenvalue weighted by Crippen LogP contribution is -2.13. The maximum Gasteiger partial charge on any atom is 0.304 e. The molecule has 0 fully saturated rings. The average molecular weight is 200 g/mol. The normalized spacial score (nSPS) is 9.80. The molecule has 0 radical (unpaired) electrons. The van der Waals surface area contributed by atoms with Gasteiger partial charge >= 0.3 is 5.91 Å². The van der Waals surface area contributed by atoms with Crippen molar-refractivity contribution in [3.8, 4) is 0 Å². The number of hydrogen-bond acceptors (Lipinski definition) is 2. The van der Waals surface area contributed by atoms with Crippen LogP contribution in [0.5, 0.6) is 0 Å². The van der Waals surface area contributed by atoms with Crippen molar-refractivity contribution in [2.45, 2.75) is 0 Å². The van der Waals surface area contributed by atoms with Crippen molar-refractivity contribution in [2.75, 3.05) is 11.9 Å². The van der Waals surface area contributed by atoms with Gasteiger partial charge in [-0.05, 0) is 18.2 Å². The Kier molecular flexibility index (Phi) is 2.33. The lowest BCUT2D eigenvalue weighted by molar-refractivity contribution is -0.114. The predicted octanol–water partition coefficient (Wildman–Crippen LogP) is 1.42. The van der Waals surface area contributed by atoms with Crippen molar-refractivity contribution in [1.82, 2.24) is 10.2 Å². The van der Waals surface area contributed by atoms with E-state index in [-0.39, 0.29) is 12.5 Å². The first kappa shape index (κ1) is 9.21. The Morgan fingerprint density at radius 1 is 1.60 bits per heavy atom. The number of carbonyl (C=O) groups excluding carboxylic acids is 1. The SMILES string of the molecule is [C-]#[N+]CC(=O)Nc1ccc2cn[nH]c2c1. The molecule has 0 saturated carbocycles. The summed E-state index contributed by atoms with van der Waals surface area (Å²) >= 11 is 0. The van der Waals surface area contributed by atoms with Crippen LogP contribution in [0.15, 0.2) is 24.4 Å². The molecule has 1 amide bonds. The second-order valence-corrected chi connectivity index (χ2v) is 3.04. The van der Waals surface area contributed by atoms with Gasteiger partial charge in [0, 0.05) is 11.1 Å². The third-order valence-electron chi connectivity index (χ3n) is 1.95. The Hall–Kier alpha value is -2.35. The highest BCUT2D eigenvalue weighted by atomic mass is 16.1. The molecule has 0 bridgehead atoms. The molecule has 0 atom stereocenters. The zero-order chi connectivity index (χ0) is 10.7. The number of hydrogen-bond donors (Lipinski definition) is 2. The molecule has 0 aliphatic carbocycles. The highest BCUT2D eigenvalue weighted by Crippen LogP contribution is 2.16. The fraction of sp³-hybridized carbons (Fsp3) is 0.100. The molecule has 2 rings (SSSR count). The number of H-pyrrole nitrogens is 1. The van der Waals surface area contributed by atoms with E-state index in [0.29, 0.717) is 5.69 Å². The summed E-state index contributed by atoms with van der Waals surface area (Å²) in [5, 5.41) is 10.3. The van der Waals surface area contributed by atoms with E-state index in [1.807, 2.05) is 6.07 Å². The van der Waals surface area contributed by atoms with E-state index in [1.165, 1.54) is 0 Å². The number of benzene rings is 1. The fourth-order valence-electron chi connectivity index (χ4n) is 1.29. The molecule has 74 valence electrons. The molecule has 1 aromatic heterocycles. The Balaban J connectivity index is 2.22. The molecule has 0 unspecified atom stereocenters. The maximum atomic E-state index is 11.1. The summed E-state index contributed by atoms with van der Waals surface area (Å²) in [5.41, 5.74) is 1.52. The van der Waals surface area contributed by atoms with E-state index >= 15 is 0 Å². The number of aromatic amines is 1. The number of nitrogens with one attached hydrogen (secondary N) is 2. The topological polar surface area (TPSA) is 62.1 Å². The lowest BCUT2D eigenvalue weighted by atomic mass is 10.2. The first-order chi connectivity index (χ1) is 7.29. The van der Waals surface area contributed by atoms with Crippen LogP contribution in [-0.4, -0.2) is 22.6 Å². The van der Waals surface area contributed by atoms with E-state index in [2.05, 4.69) is 20.4 Å². The van der Waals surface area contributed by atoms with Gasteiger partial charge in [0.1, 0.15) is 0 Å². The largest absolute Gasteiger partial charge is 0.320 e. The van der Waals surface area contributed by atoms with E-state index in [4.69, 9.17) is 6.57 Å².